The molecule has 0 saturated heterocycles. The van der Waals surface area contributed by atoms with E-state index >= 15 is 0 Å². The monoisotopic (exact) mass is 1180 g/mol. The maximum absolute atomic E-state index is 12.1. The highest BCUT2D eigenvalue weighted by molar-refractivity contribution is 7.06. The predicted molar refractivity (Wildman–Crippen MR) is 381 cm³/mol. The molecule has 0 spiro atoms. The van der Waals surface area contributed by atoms with Crippen LogP contribution in [0.15, 0.2) is 261 Å². The molecule has 0 atom stereocenters. The Kier molecular flexibility index (Phi) is 9.47. The van der Waals surface area contributed by atoms with Gasteiger partial charge >= 0.3 is 0 Å². The van der Waals surface area contributed by atoms with Gasteiger partial charge in [-0.25, -0.2) is 0 Å². The van der Waals surface area contributed by atoms with Crippen LogP contribution < -0.4 is 94.6 Å². The van der Waals surface area contributed by atoms with E-state index in [-0.39, 0.29) is 26.9 Å². The minimum Gasteiger partial charge on any atom is -0.457 e. The van der Waals surface area contributed by atoms with Gasteiger partial charge in [0.15, 0.2) is 0 Å². The molecule has 9 heterocycles. The van der Waals surface area contributed by atoms with Crippen molar-refractivity contribution in [1.82, 2.24) is 4.57 Å². The van der Waals surface area contributed by atoms with E-state index in [0.717, 1.165) is 162 Å². The Morgan fingerprint density at radius 3 is 0.978 bits per heavy atom. The number of rotatable bonds is 3. The summed E-state index contributed by atoms with van der Waals surface area (Å²) in [5, 5.41) is 26.4. The molecule has 13 heteroatoms. The quantitative estimate of drug-likeness (QED) is 0.162. The lowest BCUT2D eigenvalue weighted by atomic mass is 9.29. The molecule has 0 saturated carbocycles. The van der Waals surface area contributed by atoms with Crippen LogP contribution in [0.3, 0.4) is 0 Å². The summed E-state index contributed by atoms with van der Waals surface area (Å²) in [5.41, 5.74) is 29.4. The lowest BCUT2D eigenvalue weighted by Crippen LogP contribution is -2.68. The molecule has 0 N–H and O–H groups in total. The topological polar surface area (TPSA) is 83.9 Å². The number of para-hydroxylation sites is 9. The molecule has 8 aliphatic rings. The van der Waals surface area contributed by atoms with Crippen LogP contribution in [0.25, 0.3) is 27.5 Å². The molecule has 0 bridgehead atoms. The van der Waals surface area contributed by atoms with Gasteiger partial charge in [0.25, 0.3) is 26.9 Å². The normalized spacial score (nSPS) is 14.2. The number of hydrogen-bond donors (Lipinski definition) is 0. The second-order valence-corrected chi connectivity index (χ2v) is 25.5. The van der Waals surface area contributed by atoms with Crippen molar-refractivity contribution in [2.75, 3.05) is 19.6 Å². The van der Waals surface area contributed by atoms with Gasteiger partial charge in [0.1, 0.15) is 46.3 Å². The zero-order valence-electron chi connectivity index (χ0n) is 49.6. The Bertz CT molecular complexity index is 5550. The fourth-order valence-corrected chi connectivity index (χ4v) is 17.9. The van der Waals surface area contributed by atoms with Gasteiger partial charge in [-0.05, 0) is 150 Å². The molecule has 0 amide bonds. The van der Waals surface area contributed by atoms with Crippen LogP contribution in [-0.4, -0.2) is 31.4 Å². The van der Waals surface area contributed by atoms with E-state index in [9.17, 15) is 10.5 Å². The molecular weight excluding hydrogens is 1130 g/mol. The molecule has 0 radical (unpaired) electrons. The molecule has 93 heavy (non-hydrogen) atoms. The van der Waals surface area contributed by atoms with Gasteiger partial charge in [-0.2, -0.15) is 10.5 Å². The number of benzene rings is 13. The highest BCUT2D eigenvalue weighted by Crippen LogP contribution is 2.54. The Morgan fingerprint density at radius 2 is 0.602 bits per heavy atom. The van der Waals surface area contributed by atoms with E-state index in [1.165, 1.54) is 10.9 Å². The van der Waals surface area contributed by atoms with Crippen LogP contribution in [0.4, 0.5) is 68.2 Å². The van der Waals surface area contributed by atoms with Gasteiger partial charge in [-0.1, -0.05) is 176 Å². The molecule has 14 aromatic rings. The lowest BCUT2D eigenvalue weighted by molar-refractivity contribution is 0.486. The van der Waals surface area contributed by atoms with Crippen molar-refractivity contribution in [1.29, 1.82) is 10.5 Å². The number of aromatic nitrogens is 1. The standard InChI is InChI=1S/C80H43B4N7O2/c85-44-51-75-71-77-73-79(51)92-69-38-20-14-32-57(69)81(73)53-28-10-16-34-61(53)90(77)63-36-18-12-30-55(63)83(71)59-40-49-50-41-60-68(43-66(50)87(46-22-4-1-5-23-46)65(49)42-67(59)88(75)47-24-6-2-7-25-47)89(48-26-8-3-9-27-48)76-52(45-86)80-74-78-72(76)84(60)56-31-13-19-37-64(56)91(78)62-35-17-11-29-54(62)82(74)58-33-15-21-39-70(58)93-80/h1-43H. The van der Waals surface area contributed by atoms with E-state index in [1.807, 2.05) is 24.3 Å². The van der Waals surface area contributed by atoms with Gasteiger partial charge in [-0.15, -0.1) is 0 Å². The van der Waals surface area contributed by atoms with Gasteiger partial charge in [0.05, 0.1) is 22.4 Å². The molecule has 0 unspecified atom stereocenters. The van der Waals surface area contributed by atoms with E-state index < -0.39 is 0 Å². The average Bonchev–Trinajstić information content (AvgIpc) is 1.31. The number of hydrogen-bond acceptors (Lipinski definition) is 8. The van der Waals surface area contributed by atoms with Crippen molar-refractivity contribution < 1.29 is 9.47 Å². The minimum atomic E-state index is -0.307. The molecule has 0 aliphatic carbocycles. The Hall–Kier alpha value is -12.3. The van der Waals surface area contributed by atoms with Gasteiger partial charge < -0.3 is 33.6 Å². The number of fused-ring (bicyclic) bond motifs is 23. The molecule has 1 aromatic heterocycles. The first-order valence-electron chi connectivity index (χ1n) is 31.8. The summed E-state index contributed by atoms with van der Waals surface area (Å²) in [6, 6.07) is 99.6. The van der Waals surface area contributed by atoms with Crippen LogP contribution in [0, 0.1) is 22.7 Å². The average molecular weight is 1180 g/mol. The first kappa shape index (κ1) is 49.6. The maximum Gasteiger partial charge on any atom is 0.256 e. The second kappa shape index (κ2) is 17.8. The molecule has 8 aliphatic heterocycles. The van der Waals surface area contributed by atoms with Crippen LogP contribution >= 0.6 is 0 Å². The molecular formula is C80H43B4N7O2. The Balaban J connectivity index is 0.884. The maximum atomic E-state index is 12.1. The summed E-state index contributed by atoms with van der Waals surface area (Å²) >= 11 is 0. The Labute approximate surface area is 536 Å². The molecule has 9 nitrogen and oxygen atoms in total. The largest absolute Gasteiger partial charge is 0.457 e. The van der Waals surface area contributed by atoms with Crippen LogP contribution in [0.5, 0.6) is 23.0 Å². The Morgan fingerprint density at radius 1 is 0.280 bits per heavy atom. The van der Waals surface area contributed by atoms with Crippen molar-refractivity contribution in [2.45, 2.75) is 0 Å². The summed E-state index contributed by atoms with van der Waals surface area (Å²) in [5.74, 6) is 2.72. The SMILES string of the molecule is N#Cc1c2c3c4c5c1N(c1ccccc1)c1cc6c(cc1B5c1ccccc1N4c1ccccc1B3c1ccccc1O2)c1cc2c(cc1n6-c1ccccc1)N(c1ccccc1)c1c(C#N)c3c4c5c1B2c1ccccc1N5c1ccccc1B4c1ccccc1O3. The van der Waals surface area contributed by atoms with E-state index in [0.29, 0.717) is 22.6 Å². The van der Waals surface area contributed by atoms with Crippen LogP contribution in [-0.2, 0) is 0 Å². The first-order valence-corrected chi connectivity index (χ1v) is 31.8. The van der Waals surface area contributed by atoms with Crippen molar-refractivity contribution >= 4 is 182 Å². The third kappa shape index (κ3) is 6.06. The van der Waals surface area contributed by atoms with Gasteiger partial charge in [-0.3, -0.25) is 0 Å². The van der Waals surface area contributed by atoms with Gasteiger partial charge in [0, 0.05) is 73.3 Å². The summed E-state index contributed by atoms with van der Waals surface area (Å²) in [6.07, 6.45) is 0. The molecule has 13 aromatic carbocycles. The fraction of sp³-hybridized carbons (Fsp3) is 0. The van der Waals surface area contributed by atoms with Crippen molar-refractivity contribution in [2.24, 2.45) is 0 Å². The molecule has 0 fully saturated rings. The fourth-order valence-electron chi connectivity index (χ4n) is 17.9. The van der Waals surface area contributed by atoms with E-state index in [1.54, 1.807) is 0 Å². The summed E-state index contributed by atoms with van der Waals surface area (Å²) < 4.78 is 16.9. The minimum absolute atomic E-state index is 0.189. The number of anilines is 12. The van der Waals surface area contributed by atoms with Crippen molar-refractivity contribution in [3.05, 3.63) is 272 Å². The van der Waals surface area contributed by atoms with Crippen molar-refractivity contribution in [3.63, 3.8) is 0 Å². The molecule has 22 rings (SSSR count). The second-order valence-electron chi connectivity index (χ2n) is 25.5. The van der Waals surface area contributed by atoms with E-state index in [2.05, 4.69) is 273 Å². The molecule has 422 valence electrons. The summed E-state index contributed by atoms with van der Waals surface area (Å²) in [7, 11) is 0. The van der Waals surface area contributed by atoms with Crippen molar-refractivity contribution in [3.8, 4) is 40.8 Å². The number of nitrogens with zero attached hydrogens (tertiary/aromatic N) is 7. The first-order chi connectivity index (χ1) is 46.1. The third-order valence-electron chi connectivity index (χ3n) is 21.3. The van der Waals surface area contributed by atoms with Crippen LogP contribution in [0.1, 0.15) is 11.1 Å². The third-order valence-corrected chi connectivity index (χ3v) is 21.3. The number of ether oxygens (including phenoxy) is 2. The number of nitriles is 2. The smallest absolute Gasteiger partial charge is 0.256 e. The van der Waals surface area contributed by atoms with Crippen LogP contribution in [0.2, 0.25) is 0 Å². The summed E-state index contributed by atoms with van der Waals surface area (Å²) in [6.45, 7) is -0.992. The zero-order chi connectivity index (χ0) is 60.6. The van der Waals surface area contributed by atoms with Gasteiger partial charge in [0.2, 0.25) is 0 Å². The highest BCUT2D eigenvalue weighted by atomic mass is 16.5. The lowest BCUT2D eigenvalue weighted by Gasteiger charge is -2.49. The summed E-state index contributed by atoms with van der Waals surface area (Å²) in [4.78, 5) is 9.67. The predicted octanol–water partition coefficient (Wildman–Crippen LogP) is 10.6. The van der Waals surface area contributed by atoms with E-state index in [4.69, 9.17) is 9.47 Å². The zero-order valence-corrected chi connectivity index (χ0v) is 49.6. The highest BCUT2D eigenvalue weighted by Gasteiger charge is 2.55.